The number of H-pyrrole nitrogens is 1. The van der Waals surface area contributed by atoms with Crippen molar-refractivity contribution in [1.29, 1.82) is 0 Å². The third-order valence-electron chi connectivity index (χ3n) is 6.50. The van der Waals surface area contributed by atoms with Crippen molar-refractivity contribution in [3.05, 3.63) is 70.9 Å². The van der Waals surface area contributed by atoms with Gasteiger partial charge in [0.25, 0.3) is 0 Å². The second-order valence-corrected chi connectivity index (χ2v) is 8.47. The summed E-state index contributed by atoms with van der Waals surface area (Å²) in [7, 11) is 0. The third kappa shape index (κ3) is 4.02. The SMILES string of the molecule is O=C(CCCNC(=O)N1CCc2c([nH]c3ccccc23)C1)N1CCc2ccccc2C1. The number of para-hydroxylation sites is 1. The van der Waals surface area contributed by atoms with Crippen molar-refractivity contribution < 1.29 is 9.59 Å². The number of carbonyl (C=O) groups is 2. The van der Waals surface area contributed by atoms with Gasteiger partial charge in [-0.2, -0.15) is 0 Å². The first-order chi connectivity index (χ1) is 15.2. The quantitative estimate of drug-likeness (QED) is 0.638. The van der Waals surface area contributed by atoms with Crippen molar-refractivity contribution in [2.24, 2.45) is 0 Å². The molecule has 0 radical (unpaired) electrons. The van der Waals surface area contributed by atoms with E-state index in [0.717, 1.165) is 30.6 Å². The van der Waals surface area contributed by atoms with Crippen molar-refractivity contribution in [3.63, 3.8) is 0 Å². The molecule has 2 aromatic carbocycles. The standard InChI is InChI=1S/C25H28N4O2/c30-24(28-14-11-18-6-1-2-7-19(18)16-28)10-5-13-26-25(31)29-15-12-21-20-8-3-4-9-22(20)27-23(21)17-29/h1-4,6-9,27H,5,10-17H2,(H,26,31). The van der Waals surface area contributed by atoms with Crippen LogP contribution in [0, 0.1) is 0 Å². The predicted molar refractivity (Wildman–Crippen MR) is 121 cm³/mol. The molecule has 3 amide bonds. The minimum absolute atomic E-state index is 0.0522. The molecule has 0 aliphatic carbocycles. The van der Waals surface area contributed by atoms with Gasteiger partial charge in [0.15, 0.2) is 0 Å². The lowest BCUT2D eigenvalue weighted by atomic mass is 9.99. The molecule has 1 aromatic heterocycles. The molecule has 6 nitrogen and oxygen atoms in total. The van der Waals surface area contributed by atoms with Crippen LogP contribution >= 0.6 is 0 Å². The molecule has 0 bridgehead atoms. The Balaban J connectivity index is 1.08. The van der Waals surface area contributed by atoms with Crippen LogP contribution in [0.4, 0.5) is 4.79 Å². The van der Waals surface area contributed by atoms with E-state index >= 15 is 0 Å². The van der Waals surface area contributed by atoms with E-state index in [9.17, 15) is 9.59 Å². The summed E-state index contributed by atoms with van der Waals surface area (Å²) in [5.74, 6) is 0.171. The van der Waals surface area contributed by atoms with Gasteiger partial charge in [-0.25, -0.2) is 4.79 Å². The van der Waals surface area contributed by atoms with E-state index in [2.05, 4.69) is 46.7 Å². The highest BCUT2D eigenvalue weighted by molar-refractivity contribution is 5.85. The summed E-state index contributed by atoms with van der Waals surface area (Å²) in [6.07, 6.45) is 2.91. The number of carbonyl (C=O) groups excluding carboxylic acids is 2. The third-order valence-corrected chi connectivity index (χ3v) is 6.50. The topological polar surface area (TPSA) is 68.4 Å². The zero-order valence-electron chi connectivity index (χ0n) is 17.7. The van der Waals surface area contributed by atoms with Crippen LogP contribution in [0.1, 0.15) is 35.2 Å². The number of nitrogens with one attached hydrogen (secondary N) is 2. The molecule has 160 valence electrons. The number of nitrogens with zero attached hydrogens (tertiary/aromatic N) is 2. The molecule has 0 atom stereocenters. The van der Waals surface area contributed by atoms with E-state index in [1.165, 1.54) is 22.1 Å². The molecule has 2 aliphatic rings. The van der Waals surface area contributed by atoms with Crippen molar-refractivity contribution in [2.75, 3.05) is 19.6 Å². The lowest BCUT2D eigenvalue weighted by Crippen LogP contribution is -2.43. The van der Waals surface area contributed by atoms with Gasteiger partial charge in [0.05, 0.1) is 6.54 Å². The summed E-state index contributed by atoms with van der Waals surface area (Å²) >= 11 is 0. The molecule has 2 aliphatic heterocycles. The fraction of sp³-hybridized carbons (Fsp3) is 0.360. The molecule has 2 N–H and O–H groups in total. The smallest absolute Gasteiger partial charge is 0.317 e. The maximum Gasteiger partial charge on any atom is 0.317 e. The number of hydrogen-bond acceptors (Lipinski definition) is 2. The number of amides is 3. The van der Waals surface area contributed by atoms with Crippen LogP contribution in [0.15, 0.2) is 48.5 Å². The number of rotatable bonds is 4. The zero-order chi connectivity index (χ0) is 21.2. The summed E-state index contributed by atoms with van der Waals surface area (Å²) in [6.45, 7) is 3.31. The number of urea groups is 1. The molecule has 0 saturated heterocycles. The maximum atomic E-state index is 12.6. The van der Waals surface area contributed by atoms with Crippen LogP contribution in [-0.2, 0) is 30.7 Å². The molecule has 0 spiro atoms. The molecule has 0 unspecified atom stereocenters. The summed E-state index contributed by atoms with van der Waals surface area (Å²) < 4.78 is 0. The Kier molecular flexibility index (Phi) is 5.37. The van der Waals surface area contributed by atoms with Gasteiger partial charge in [-0.15, -0.1) is 0 Å². The fourth-order valence-corrected chi connectivity index (χ4v) is 4.78. The Morgan fingerprint density at radius 2 is 1.68 bits per heavy atom. The predicted octanol–water partition coefficient (Wildman–Crippen LogP) is 3.60. The first kappa shape index (κ1) is 19.7. The molecule has 3 aromatic rings. The maximum absolute atomic E-state index is 12.6. The lowest BCUT2D eigenvalue weighted by molar-refractivity contribution is -0.132. The Labute approximate surface area is 182 Å². The van der Waals surface area contributed by atoms with Gasteiger partial charge >= 0.3 is 6.03 Å². The number of benzene rings is 2. The first-order valence-corrected chi connectivity index (χ1v) is 11.1. The van der Waals surface area contributed by atoms with Gasteiger partial charge in [0, 0.05) is 49.2 Å². The van der Waals surface area contributed by atoms with Crippen molar-refractivity contribution in [2.45, 2.75) is 38.8 Å². The normalized spacial score (nSPS) is 15.5. The van der Waals surface area contributed by atoms with E-state index in [1.807, 2.05) is 21.9 Å². The van der Waals surface area contributed by atoms with E-state index in [-0.39, 0.29) is 11.9 Å². The number of aromatic amines is 1. The van der Waals surface area contributed by atoms with Gasteiger partial charge in [0.1, 0.15) is 0 Å². The van der Waals surface area contributed by atoms with Gasteiger partial charge in [-0.1, -0.05) is 42.5 Å². The average molecular weight is 417 g/mol. The van der Waals surface area contributed by atoms with Crippen LogP contribution in [0.25, 0.3) is 10.9 Å². The summed E-state index contributed by atoms with van der Waals surface area (Å²) in [4.78, 5) is 32.4. The molecule has 3 heterocycles. The van der Waals surface area contributed by atoms with Gasteiger partial charge in [-0.05, 0) is 42.0 Å². The monoisotopic (exact) mass is 416 g/mol. The van der Waals surface area contributed by atoms with Crippen LogP contribution in [0.5, 0.6) is 0 Å². The van der Waals surface area contributed by atoms with Crippen molar-refractivity contribution >= 4 is 22.8 Å². The van der Waals surface area contributed by atoms with Gasteiger partial charge in [0.2, 0.25) is 5.91 Å². The Morgan fingerprint density at radius 1 is 0.903 bits per heavy atom. The number of hydrogen-bond donors (Lipinski definition) is 2. The van der Waals surface area contributed by atoms with E-state index in [0.29, 0.717) is 39.0 Å². The Bertz CT molecular complexity index is 1120. The van der Waals surface area contributed by atoms with E-state index in [1.54, 1.807) is 0 Å². The van der Waals surface area contributed by atoms with Gasteiger partial charge < -0.3 is 20.1 Å². The lowest BCUT2D eigenvalue weighted by Gasteiger charge is -2.29. The van der Waals surface area contributed by atoms with Crippen LogP contribution < -0.4 is 5.32 Å². The zero-order valence-corrected chi connectivity index (χ0v) is 17.7. The number of fused-ring (bicyclic) bond motifs is 4. The second-order valence-electron chi connectivity index (χ2n) is 8.47. The highest BCUT2D eigenvalue weighted by atomic mass is 16.2. The van der Waals surface area contributed by atoms with E-state index < -0.39 is 0 Å². The minimum atomic E-state index is -0.0522. The van der Waals surface area contributed by atoms with E-state index in [4.69, 9.17) is 0 Å². The number of aromatic nitrogens is 1. The van der Waals surface area contributed by atoms with Gasteiger partial charge in [-0.3, -0.25) is 4.79 Å². The first-order valence-electron chi connectivity index (χ1n) is 11.1. The average Bonchev–Trinajstić information content (AvgIpc) is 3.19. The summed E-state index contributed by atoms with van der Waals surface area (Å²) in [5, 5.41) is 4.25. The highest BCUT2D eigenvalue weighted by Gasteiger charge is 2.24. The molecule has 0 fully saturated rings. The molecule has 0 saturated carbocycles. The molecular weight excluding hydrogens is 388 g/mol. The minimum Gasteiger partial charge on any atom is -0.357 e. The Hall–Kier alpha value is -3.28. The highest BCUT2D eigenvalue weighted by Crippen LogP contribution is 2.27. The van der Waals surface area contributed by atoms with Crippen LogP contribution in [0.2, 0.25) is 0 Å². The summed E-state index contributed by atoms with van der Waals surface area (Å²) in [6, 6.07) is 16.6. The molecule has 5 rings (SSSR count). The van der Waals surface area contributed by atoms with Crippen LogP contribution in [-0.4, -0.2) is 46.4 Å². The van der Waals surface area contributed by atoms with Crippen molar-refractivity contribution in [3.8, 4) is 0 Å². The van der Waals surface area contributed by atoms with Crippen LogP contribution in [0.3, 0.4) is 0 Å². The Morgan fingerprint density at radius 3 is 2.58 bits per heavy atom. The largest absolute Gasteiger partial charge is 0.357 e. The molecule has 31 heavy (non-hydrogen) atoms. The van der Waals surface area contributed by atoms with Crippen molar-refractivity contribution in [1.82, 2.24) is 20.1 Å². The molecule has 6 heteroatoms. The summed E-state index contributed by atoms with van der Waals surface area (Å²) in [5.41, 5.74) is 6.18. The molecular formula is C25H28N4O2. The second kappa shape index (κ2) is 8.46. The fourth-order valence-electron chi connectivity index (χ4n) is 4.78.